The Morgan fingerprint density at radius 1 is 1.22 bits per heavy atom. The topological polar surface area (TPSA) is 122 Å². The zero-order chi connectivity index (χ0) is 29.3. The fourth-order valence-corrected chi connectivity index (χ4v) is 6.03. The smallest absolute Gasteiger partial charge is 0.317 e. The van der Waals surface area contributed by atoms with Crippen molar-refractivity contribution in [3.05, 3.63) is 39.7 Å². The van der Waals surface area contributed by atoms with Crippen molar-refractivity contribution in [1.29, 1.82) is 0 Å². The molecule has 2 atom stereocenters. The molecule has 1 aromatic heterocycles. The minimum Gasteiger partial charge on any atom is -0.487 e. The number of aromatic nitrogens is 3. The van der Waals surface area contributed by atoms with Crippen LogP contribution in [0.1, 0.15) is 47.8 Å². The van der Waals surface area contributed by atoms with Gasteiger partial charge in [0.1, 0.15) is 29.8 Å². The Kier molecular flexibility index (Phi) is 8.59. The molecule has 12 nitrogen and oxygen atoms in total. The van der Waals surface area contributed by atoms with Gasteiger partial charge < -0.3 is 29.5 Å². The average molecular weight is 596 g/mol. The van der Waals surface area contributed by atoms with Crippen molar-refractivity contribution in [3.63, 3.8) is 0 Å². The predicted molar refractivity (Wildman–Crippen MR) is 141 cm³/mol. The minimum absolute atomic E-state index is 0.0122. The van der Waals surface area contributed by atoms with E-state index in [1.807, 2.05) is 0 Å². The fraction of sp³-hybridized carbons (Fsp3) is 0.577. The third kappa shape index (κ3) is 5.67. The normalized spacial score (nSPS) is 20.9. The number of urea groups is 1. The number of aryl methyl sites for hydroxylation is 1. The molecule has 0 radical (unpaired) electrons. The quantitative estimate of drug-likeness (QED) is 0.520. The maximum absolute atomic E-state index is 14.1. The lowest BCUT2D eigenvalue weighted by Crippen LogP contribution is -2.60. The molecule has 4 heterocycles. The molecule has 4 amide bonds. The number of amides is 4. The molecular weight excluding hydrogens is 564 g/mol. The zero-order valence-electron chi connectivity index (χ0n) is 22.8. The van der Waals surface area contributed by atoms with Gasteiger partial charge in [-0.2, -0.15) is 0 Å². The highest BCUT2D eigenvalue weighted by Gasteiger charge is 2.42. The van der Waals surface area contributed by atoms with Crippen LogP contribution in [-0.2, 0) is 34.4 Å². The van der Waals surface area contributed by atoms with Crippen LogP contribution in [0.3, 0.4) is 0 Å². The number of rotatable bonds is 7. The van der Waals surface area contributed by atoms with Crippen LogP contribution in [0.5, 0.6) is 5.75 Å². The number of fused-ring (bicyclic) bond motifs is 1. The van der Waals surface area contributed by atoms with Crippen molar-refractivity contribution in [2.45, 2.75) is 44.4 Å². The van der Waals surface area contributed by atoms with Gasteiger partial charge in [-0.25, -0.2) is 18.3 Å². The molecule has 222 valence electrons. The number of hydrogen-bond donors (Lipinski definition) is 1. The molecule has 0 unspecified atom stereocenters. The Morgan fingerprint density at radius 2 is 2.02 bits per heavy atom. The predicted octanol–water partition coefficient (Wildman–Crippen LogP) is 2.07. The van der Waals surface area contributed by atoms with E-state index in [4.69, 9.17) is 21.1 Å². The van der Waals surface area contributed by atoms with Gasteiger partial charge in [0.25, 0.3) is 6.43 Å². The number of carbonyl (C=O) groups excluding carboxylic acids is 3. The molecule has 0 bridgehead atoms. The van der Waals surface area contributed by atoms with Crippen LogP contribution in [0, 0.1) is 0 Å². The lowest BCUT2D eigenvalue weighted by atomic mass is 9.90. The van der Waals surface area contributed by atoms with Crippen LogP contribution >= 0.6 is 11.6 Å². The summed E-state index contributed by atoms with van der Waals surface area (Å²) in [5.41, 5.74) is 0.987. The summed E-state index contributed by atoms with van der Waals surface area (Å²) in [6.45, 7) is 1.33. The lowest BCUT2D eigenvalue weighted by molar-refractivity contribution is -0.145. The summed E-state index contributed by atoms with van der Waals surface area (Å²) in [7, 11) is 2.88. The number of carbonyl (C=O) groups is 3. The highest BCUT2D eigenvalue weighted by molar-refractivity contribution is 6.31. The summed E-state index contributed by atoms with van der Waals surface area (Å²) in [6.07, 6.45) is -1.29. The summed E-state index contributed by atoms with van der Waals surface area (Å²) in [4.78, 5) is 44.2. The van der Waals surface area contributed by atoms with Crippen molar-refractivity contribution in [2.75, 3.05) is 46.4 Å². The monoisotopic (exact) mass is 595 g/mol. The lowest BCUT2D eigenvalue weighted by Gasteiger charge is -2.44. The number of hydrogen-bond acceptors (Lipinski definition) is 7. The summed E-state index contributed by atoms with van der Waals surface area (Å²) < 4.78 is 39.9. The van der Waals surface area contributed by atoms with Crippen molar-refractivity contribution >= 4 is 29.4 Å². The Morgan fingerprint density at radius 3 is 2.73 bits per heavy atom. The Hall–Kier alpha value is -3.52. The average Bonchev–Trinajstić information content (AvgIpc) is 3.56. The number of ether oxygens (including phenoxy) is 2. The molecule has 15 heteroatoms. The number of likely N-dealkylation sites (tertiary alicyclic amines) is 1. The van der Waals surface area contributed by atoms with Gasteiger partial charge in [0.15, 0.2) is 0 Å². The molecule has 3 aliphatic rings. The van der Waals surface area contributed by atoms with Crippen molar-refractivity contribution < 1.29 is 32.6 Å². The number of nitrogens with zero attached hydrogens (tertiary/aromatic N) is 6. The number of benzene rings is 1. The highest BCUT2D eigenvalue weighted by atomic mass is 35.5. The van der Waals surface area contributed by atoms with Gasteiger partial charge >= 0.3 is 6.03 Å². The second-order valence-corrected chi connectivity index (χ2v) is 10.6. The molecule has 0 spiro atoms. The molecule has 0 aliphatic carbocycles. The van der Waals surface area contributed by atoms with Crippen LogP contribution in [0.25, 0.3) is 0 Å². The van der Waals surface area contributed by atoms with E-state index in [2.05, 4.69) is 15.6 Å². The molecule has 0 saturated carbocycles. The first-order valence-electron chi connectivity index (χ1n) is 13.5. The van der Waals surface area contributed by atoms with E-state index < -0.39 is 18.5 Å². The number of alkyl halides is 2. The second-order valence-electron chi connectivity index (χ2n) is 10.2. The molecule has 3 aliphatic heterocycles. The third-order valence-corrected chi connectivity index (χ3v) is 8.18. The van der Waals surface area contributed by atoms with Crippen LogP contribution in [-0.4, -0.2) is 100 Å². The van der Waals surface area contributed by atoms with Crippen LogP contribution in [0.15, 0.2) is 12.1 Å². The van der Waals surface area contributed by atoms with E-state index >= 15 is 0 Å². The highest BCUT2D eigenvalue weighted by Crippen LogP contribution is 2.42. The molecule has 2 saturated heterocycles. The van der Waals surface area contributed by atoms with E-state index in [0.29, 0.717) is 55.3 Å². The Balaban J connectivity index is 1.51. The molecule has 1 aromatic carbocycles. The maximum Gasteiger partial charge on any atom is 0.317 e. The molecule has 1 N–H and O–H groups in total. The minimum atomic E-state index is -2.80. The van der Waals surface area contributed by atoms with Gasteiger partial charge in [-0.05, 0) is 30.5 Å². The van der Waals surface area contributed by atoms with Gasteiger partial charge in [-0.3, -0.25) is 9.59 Å². The van der Waals surface area contributed by atoms with Gasteiger partial charge in [-0.1, -0.05) is 16.8 Å². The summed E-state index contributed by atoms with van der Waals surface area (Å²) in [5, 5.41) is 10.6. The van der Waals surface area contributed by atoms with Gasteiger partial charge in [0.05, 0.1) is 19.3 Å². The first kappa shape index (κ1) is 29.0. The number of morpholine rings is 1. The van der Waals surface area contributed by atoms with Crippen LogP contribution in [0.2, 0.25) is 5.02 Å². The SMILES string of the molecule is CNC(=O)N1CCOC[C@H]1C(=O)N1CCc2c(Cl)ccc(OCc3nnn(C)c3C(F)F)c2[C@H]1CN1CCCC1=O. The van der Waals surface area contributed by atoms with E-state index in [9.17, 15) is 23.2 Å². The first-order chi connectivity index (χ1) is 19.7. The Bertz CT molecular complexity index is 1330. The second kappa shape index (κ2) is 12.1. The summed E-state index contributed by atoms with van der Waals surface area (Å²) in [5.74, 6) is -0.00829. The zero-order valence-corrected chi connectivity index (χ0v) is 23.6. The van der Waals surface area contributed by atoms with Crippen molar-refractivity contribution in [1.82, 2.24) is 35.0 Å². The van der Waals surface area contributed by atoms with E-state index in [1.54, 1.807) is 21.9 Å². The van der Waals surface area contributed by atoms with Crippen LogP contribution < -0.4 is 10.1 Å². The third-order valence-electron chi connectivity index (χ3n) is 7.82. The Labute approximate surface area is 240 Å². The maximum atomic E-state index is 14.1. The van der Waals surface area contributed by atoms with E-state index in [1.165, 1.54) is 19.0 Å². The summed E-state index contributed by atoms with van der Waals surface area (Å²) in [6, 6.07) is 1.39. The van der Waals surface area contributed by atoms with Gasteiger partial charge in [0.2, 0.25) is 11.8 Å². The largest absolute Gasteiger partial charge is 0.487 e. The number of halogens is 3. The van der Waals surface area contributed by atoms with Crippen molar-refractivity contribution in [3.8, 4) is 5.75 Å². The first-order valence-corrected chi connectivity index (χ1v) is 13.8. The molecule has 5 rings (SSSR count). The standard InChI is InChI=1S/C26H32ClF2N7O5/c1-30-26(39)36-10-11-40-14-19(36)25(38)35-9-7-15-16(27)5-6-20(22(15)18(35)12-34-8-3-4-21(34)37)41-13-17-23(24(28)29)33(2)32-31-17/h5-6,18-19,24H,3-4,7-14H2,1-2H3,(H,30,39)/t18-,19+/m1/s1. The van der Waals surface area contributed by atoms with E-state index in [0.717, 1.165) is 10.2 Å². The summed E-state index contributed by atoms with van der Waals surface area (Å²) >= 11 is 6.63. The van der Waals surface area contributed by atoms with Gasteiger partial charge in [-0.15, -0.1) is 5.10 Å². The van der Waals surface area contributed by atoms with E-state index in [-0.39, 0.29) is 55.5 Å². The number of nitrogens with one attached hydrogen (secondary N) is 1. The van der Waals surface area contributed by atoms with Gasteiger partial charge in [0, 0.05) is 57.3 Å². The van der Waals surface area contributed by atoms with Crippen LogP contribution in [0.4, 0.5) is 13.6 Å². The molecule has 2 aromatic rings. The van der Waals surface area contributed by atoms with Crippen molar-refractivity contribution in [2.24, 2.45) is 7.05 Å². The molecule has 2 fully saturated rings. The fourth-order valence-electron chi connectivity index (χ4n) is 5.77. The molecular formula is C26H32ClF2N7O5. The molecule has 41 heavy (non-hydrogen) atoms.